The van der Waals surface area contributed by atoms with E-state index in [-0.39, 0.29) is 23.4 Å². The van der Waals surface area contributed by atoms with E-state index >= 15 is 4.39 Å². The molecule has 35 heavy (non-hydrogen) atoms. The van der Waals surface area contributed by atoms with Crippen LogP contribution in [0.25, 0.3) is 33.7 Å². The highest BCUT2D eigenvalue weighted by Gasteiger charge is 2.28. The minimum Gasteiger partial charge on any atom is -0.481 e. The fourth-order valence-electron chi connectivity index (χ4n) is 4.07. The van der Waals surface area contributed by atoms with E-state index in [1.165, 1.54) is 19.2 Å². The second kappa shape index (κ2) is 8.69. The maximum Gasteiger partial charge on any atom is 0.308 e. The summed E-state index contributed by atoms with van der Waals surface area (Å²) in [5.41, 5.74) is 1.32. The standard InChI is InChI=1S/C23H24F2N8O2/c1-11(23(34)35)12(2)29-22-18(25)19(13-5-28-33(8-13)15-9-32(3)10-15)30-21(31-22)17-7-27-20-16(17)4-14(24)6-26-20/h4-8,11-12,15H,9-10H2,1-3H3,(H,26,27)(H,34,35)(H,29,30,31)/t11-,12-/m0/s1. The minimum atomic E-state index is -1.02. The normalized spacial score (nSPS) is 16.3. The quantitative estimate of drug-likeness (QED) is 0.367. The third kappa shape index (κ3) is 4.20. The highest BCUT2D eigenvalue weighted by Crippen LogP contribution is 2.33. The molecule has 10 nitrogen and oxygen atoms in total. The number of fused-ring (bicyclic) bond motifs is 1. The molecule has 182 valence electrons. The number of anilines is 1. The first-order valence-electron chi connectivity index (χ1n) is 11.1. The highest BCUT2D eigenvalue weighted by atomic mass is 19.1. The maximum atomic E-state index is 15.7. The Bertz CT molecular complexity index is 1410. The lowest BCUT2D eigenvalue weighted by Crippen LogP contribution is -2.45. The van der Waals surface area contributed by atoms with Gasteiger partial charge >= 0.3 is 5.97 Å². The molecule has 1 aliphatic rings. The van der Waals surface area contributed by atoms with Gasteiger partial charge in [0.1, 0.15) is 17.2 Å². The number of carboxylic acid groups (broad SMARTS) is 1. The molecule has 2 atom stereocenters. The molecule has 0 saturated carbocycles. The molecular formula is C23H24F2N8O2. The topological polar surface area (TPSA) is 125 Å². The van der Waals surface area contributed by atoms with E-state index in [1.807, 2.05) is 7.05 Å². The molecule has 0 amide bonds. The summed E-state index contributed by atoms with van der Waals surface area (Å²) in [5.74, 6) is -3.11. The monoisotopic (exact) mass is 482 g/mol. The molecule has 12 heteroatoms. The van der Waals surface area contributed by atoms with Crippen molar-refractivity contribution in [2.24, 2.45) is 5.92 Å². The van der Waals surface area contributed by atoms with Gasteiger partial charge in [0.2, 0.25) is 0 Å². The van der Waals surface area contributed by atoms with Gasteiger partial charge in [0.25, 0.3) is 0 Å². The van der Waals surface area contributed by atoms with E-state index in [2.05, 4.69) is 35.3 Å². The van der Waals surface area contributed by atoms with Crippen molar-refractivity contribution in [3.8, 4) is 22.6 Å². The van der Waals surface area contributed by atoms with Gasteiger partial charge < -0.3 is 20.3 Å². The van der Waals surface area contributed by atoms with Crippen LogP contribution in [0.15, 0.2) is 30.9 Å². The third-order valence-electron chi connectivity index (χ3n) is 6.39. The number of aromatic amines is 1. The Kier molecular flexibility index (Phi) is 5.67. The summed E-state index contributed by atoms with van der Waals surface area (Å²) in [7, 11) is 2.01. The van der Waals surface area contributed by atoms with Gasteiger partial charge in [0.05, 0.1) is 24.4 Å². The van der Waals surface area contributed by atoms with Crippen molar-refractivity contribution >= 4 is 22.8 Å². The van der Waals surface area contributed by atoms with Crippen LogP contribution >= 0.6 is 0 Å². The first-order valence-corrected chi connectivity index (χ1v) is 11.1. The van der Waals surface area contributed by atoms with E-state index < -0.39 is 29.6 Å². The summed E-state index contributed by atoms with van der Waals surface area (Å²) in [6, 6.07) is 0.858. The SMILES string of the molecule is C[C@H](Nc1nc(-c2c[nH]c3ncc(F)cc23)nc(-c2cnn(C3CN(C)C3)c2)c1F)[C@H](C)C(=O)O. The largest absolute Gasteiger partial charge is 0.481 e. The van der Waals surface area contributed by atoms with E-state index in [9.17, 15) is 14.3 Å². The summed E-state index contributed by atoms with van der Waals surface area (Å²) >= 11 is 0. The third-order valence-corrected chi connectivity index (χ3v) is 6.39. The maximum absolute atomic E-state index is 15.7. The molecule has 1 fully saturated rings. The Hall–Kier alpha value is -3.93. The molecule has 4 aromatic rings. The van der Waals surface area contributed by atoms with Gasteiger partial charge in [-0.3, -0.25) is 9.48 Å². The predicted octanol–water partition coefficient (Wildman–Crippen LogP) is 3.17. The number of rotatable bonds is 7. The molecule has 0 bridgehead atoms. The minimum absolute atomic E-state index is 0.00492. The summed E-state index contributed by atoms with van der Waals surface area (Å²) in [6.45, 7) is 4.83. The Morgan fingerprint density at radius 1 is 1.26 bits per heavy atom. The number of nitrogens with one attached hydrogen (secondary N) is 2. The van der Waals surface area contributed by atoms with Gasteiger partial charge in [0.15, 0.2) is 17.5 Å². The van der Waals surface area contributed by atoms with Gasteiger partial charge in [-0.15, -0.1) is 0 Å². The van der Waals surface area contributed by atoms with Gasteiger partial charge in [0, 0.05) is 48.0 Å². The van der Waals surface area contributed by atoms with Crippen molar-refractivity contribution in [2.75, 3.05) is 25.5 Å². The van der Waals surface area contributed by atoms with Crippen LogP contribution in [0.2, 0.25) is 0 Å². The Morgan fingerprint density at radius 2 is 2.03 bits per heavy atom. The Balaban J connectivity index is 1.61. The van der Waals surface area contributed by atoms with Crippen LogP contribution in [0.3, 0.4) is 0 Å². The van der Waals surface area contributed by atoms with Gasteiger partial charge in [-0.2, -0.15) is 5.10 Å². The molecule has 0 spiro atoms. The van der Waals surface area contributed by atoms with Crippen molar-refractivity contribution in [3.05, 3.63) is 42.5 Å². The summed E-state index contributed by atoms with van der Waals surface area (Å²) in [4.78, 5) is 29.4. The molecule has 0 radical (unpaired) electrons. The molecule has 0 aliphatic carbocycles. The van der Waals surface area contributed by atoms with Crippen molar-refractivity contribution < 1.29 is 18.7 Å². The van der Waals surface area contributed by atoms with Gasteiger partial charge in [-0.25, -0.2) is 23.7 Å². The van der Waals surface area contributed by atoms with Crippen LogP contribution < -0.4 is 5.32 Å². The van der Waals surface area contributed by atoms with Crippen molar-refractivity contribution in [1.29, 1.82) is 0 Å². The lowest BCUT2D eigenvalue weighted by atomic mass is 10.0. The van der Waals surface area contributed by atoms with Gasteiger partial charge in [-0.05, 0) is 27.0 Å². The molecule has 4 aromatic heterocycles. The summed E-state index contributed by atoms with van der Waals surface area (Å²) < 4.78 is 31.4. The lowest BCUT2D eigenvalue weighted by molar-refractivity contribution is -0.141. The number of H-pyrrole nitrogens is 1. The van der Waals surface area contributed by atoms with Crippen LogP contribution in [-0.4, -0.2) is 71.9 Å². The van der Waals surface area contributed by atoms with Crippen LogP contribution in [0.5, 0.6) is 0 Å². The second-order valence-corrected chi connectivity index (χ2v) is 8.95. The van der Waals surface area contributed by atoms with Crippen molar-refractivity contribution in [2.45, 2.75) is 25.9 Å². The fraction of sp³-hybridized carbons (Fsp3) is 0.348. The average molecular weight is 482 g/mol. The lowest BCUT2D eigenvalue weighted by Gasteiger charge is -2.36. The zero-order chi connectivity index (χ0) is 24.9. The number of likely N-dealkylation sites (tertiary alicyclic amines) is 1. The number of aliphatic carboxylic acids is 1. The number of hydrogen-bond donors (Lipinski definition) is 3. The number of carbonyl (C=O) groups is 1. The first-order chi connectivity index (χ1) is 16.7. The van der Waals surface area contributed by atoms with E-state index in [1.54, 1.807) is 24.0 Å². The smallest absolute Gasteiger partial charge is 0.308 e. The first kappa shape index (κ1) is 22.8. The second-order valence-electron chi connectivity index (χ2n) is 8.95. The number of carboxylic acids is 1. The molecule has 0 unspecified atom stereocenters. The van der Waals surface area contributed by atoms with Crippen LogP contribution in [-0.2, 0) is 4.79 Å². The Morgan fingerprint density at radius 3 is 2.74 bits per heavy atom. The molecule has 5 rings (SSSR count). The van der Waals surface area contributed by atoms with Crippen molar-refractivity contribution in [3.63, 3.8) is 0 Å². The predicted molar refractivity (Wildman–Crippen MR) is 125 cm³/mol. The molecule has 0 aromatic carbocycles. The molecule has 1 aliphatic heterocycles. The Labute approximate surface area is 199 Å². The van der Waals surface area contributed by atoms with Crippen LogP contribution in [0.1, 0.15) is 19.9 Å². The molecule has 3 N–H and O–H groups in total. The molecule has 1 saturated heterocycles. The number of nitrogens with zero attached hydrogens (tertiary/aromatic N) is 6. The summed E-state index contributed by atoms with van der Waals surface area (Å²) in [6.07, 6.45) is 5.94. The number of pyridine rings is 1. The zero-order valence-electron chi connectivity index (χ0n) is 19.3. The highest BCUT2D eigenvalue weighted by molar-refractivity contribution is 5.92. The van der Waals surface area contributed by atoms with Crippen LogP contribution in [0, 0.1) is 17.6 Å². The average Bonchev–Trinajstić information content (AvgIpc) is 3.44. The van der Waals surface area contributed by atoms with E-state index in [0.29, 0.717) is 22.2 Å². The zero-order valence-corrected chi connectivity index (χ0v) is 19.3. The number of likely N-dealkylation sites (N-methyl/N-ethyl adjacent to an activating group) is 1. The fourth-order valence-corrected chi connectivity index (χ4v) is 4.07. The summed E-state index contributed by atoms with van der Waals surface area (Å²) in [5, 5.41) is 17.1. The van der Waals surface area contributed by atoms with Crippen LogP contribution in [0.4, 0.5) is 14.6 Å². The molecular weight excluding hydrogens is 458 g/mol. The number of halogens is 2. The number of hydrogen-bond acceptors (Lipinski definition) is 7. The van der Waals surface area contributed by atoms with E-state index in [4.69, 9.17) is 0 Å². The van der Waals surface area contributed by atoms with Gasteiger partial charge in [-0.1, -0.05) is 0 Å². The molecule has 5 heterocycles. The number of aromatic nitrogens is 6. The van der Waals surface area contributed by atoms with E-state index in [0.717, 1.165) is 19.3 Å². The van der Waals surface area contributed by atoms with Crippen molar-refractivity contribution in [1.82, 2.24) is 34.6 Å².